The fourth-order valence-corrected chi connectivity index (χ4v) is 15.3. The van der Waals surface area contributed by atoms with Crippen LogP contribution in [-0.4, -0.2) is 312 Å². The molecule has 3 rings (SSSR count). The fraction of sp³-hybridized carbons (Fsp3) is 0.701. The molecule has 13 N–H and O–H groups in total. The Morgan fingerprint density at radius 3 is 1.30 bits per heavy atom. The monoisotopic (exact) mass is 2110 g/mol. The van der Waals surface area contributed by atoms with Crippen molar-refractivity contribution in [2.24, 2.45) is 29.6 Å². The molecule has 0 bridgehead atoms. The molecule has 3 aromatic rings. The molecule has 842 valence electrons. The van der Waals surface area contributed by atoms with Crippen molar-refractivity contribution in [1.82, 2.24) is 47.2 Å². The molecule has 0 saturated carbocycles. The SMILES string of the molecule is CCC[C@@H](CCCCNC(=O)COCCOCCNC(=O)COCCOCCCC(=O)CC[C@H](NC(=O)CCCCCCCCCOc1ccc(C(=O)O)cc1)C(=O)O)C(=O)O.CC[C@H](C(=O)N[C@H](C(=O)O[C@@H](Cc1cnc[nH]1)C(=O)CN[C@@H](CCCCNC(=O)COCCOCCCC(=O)COCCOCCNC(=O)CC[C@H](CC(=O)CCCCCCCCCOc1ccc(C(=O)O)cc1)C(=O)O)C(C)=O)C(C)C)[C@@H](C)CC. The van der Waals surface area contributed by atoms with E-state index >= 15 is 0 Å². The number of benzene rings is 2. The van der Waals surface area contributed by atoms with Crippen LogP contribution in [0.4, 0.5) is 0 Å². The van der Waals surface area contributed by atoms with Crippen molar-refractivity contribution in [3.8, 4) is 11.5 Å². The summed E-state index contributed by atoms with van der Waals surface area (Å²) in [7, 11) is 0. The van der Waals surface area contributed by atoms with E-state index in [1.54, 1.807) is 38.1 Å². The number of hydrogen-bond donors (Lipinski definition) is 13. The number of aliphatic carboxylic acids is 3. The van der Waals surface area contributed by atoms with E-state index in [9.17, 15) is 96.8 Å². The van der Waals surface area contributed by atoms with Gasteiger partial charge >= 0.3 is 35.8 Å². The van der Waals surface area contributed by atoms with Crippen LogP contribution in [0.15, 0.2) is 61.1 Å². The van der Waals surface area contributed by atoms with Gasteiger partial charge in [0.25, 0.3) is 0 Å². The topological polar surface area (TPSA) is 606 Å². The number of nitrogens with zero attached hydrogens (tertiary/aromatic N) is 1. The Hall–Kier alpha value is -11.1. The molecule has 0 spiro atoms. The minimum absolute atomic E-state index is 0.0100. The maximum atomic E-state index is 13.6. The third kappa shape index (κ3) is 70.5. The molecule has 1 heterocycles. The second kappa shape index (κ2) is 86.6. The first-order valence-electron chi connectivity index (χ1n) is 53.1. The first kappa shape index (κ1) is 134. The lowest BCUT2D eigenvalue weighted by Crippen LogP contribution is -2.50. The summed E-state index contributed by atoms with van der Waals surface area (Å²) in [6.07, 6.45) is 22.8. The zero-order valence-electron chi connectivity index (χ0n) is 88.8. The van der Waals surface area contributed by atoms with Gasteiger partial charge in [0.2, 0.25) is 35.4 Å². The van der Waals surface area contributed by atoms with E-state index in [0.717, 1.165) is 96.3 Å². The summed E-state index contributed by atoms with van der Waals surface area (Å²) in [6, 6.07) is 9.84. The Bertz CT molecular complexity index is 4280. The van der Waals surface area contributed by atoms with Gasteiger partial charge in [0.05, 0.1) is 121 Å². The van der Waals surface area contributed by atoms with Crippen LogP contribution in [0.5, 0.6) is 11.5 Å². The number of ether oxygens (including phenoxy) is 11. The Morgan fingerprint density at radius 2 is 0.839 bits per heavy atom. The molecule has 0 aliphatic rings. The summed E-state index contributed by atoms with van der Waals surface area (Å²) in [5, 5.41) is 65.5. The average Bonchev–Trinajstić information content (AvgIpc) is 1.60. The Labute approximate surface area is 876 Å². The molecule has 1 aromatic heterocycles. The van der Waals surface area contributed by atoms with Gasteiger partial charge in [-0.3, -0.25) is 62.3 Å². The summed E-state index contributed by atoms with van der Waals surface area (Å²) >= 11 is 0. The van der Waals surface area contributed by atoms with Gasteiger partial charge in [-0.1, -0.05) is 125 Å². The van der Waals surface area contributed by atoms with Crippen molar-refractivity contribution in [2.45, 2.75) is 304 Å². The Kier molecular flexibility index (Phi) is 77.8. The average molecular weight is 2110 g/mol. The molecule has 0 unspecified atom stereocenters. The van der Waals surface area contributed by atoms with Crippen LogP contribution in [0.1, 0.15) is 300 Å². The predicted octanol–water partition coefficient (Wildman–Crippen LogP) is 10.9. The number of aromatic nitrogens is 2. The number of amides is 6. The number of carboxylic acid groups (broad SMARTS) is 5. The number of aromatic amines is 1. The number of Topliss-reactive ketones (excluding diaryl/α,β-unsaturated/α-hetero) is 5. The molecular formula is C107H171N9O33. The smallest absolute Gasteiger partial charge is 0.335 e. The molecule has 6 amide bonds. The highest BCUT2D eigenvalue weighted by atomic mass is 16.6. The zero-order chi connectivity index (χ0) is 110. The summed E-state index contributed by atoms with van der Waals surface area (Å²) in [5.41, 5.74) is 0.994. The lowest BCUT2D eigenvalue weighted by molar-refractivity contribution is -0.159. The van der Waals surface area contributed by atoms with Crippen molar-refractivity contribution in [3.63, 3.8) is 0 Å². The second-order valence-electron chi connectivity index (χ2n) is 37.1. The van der Waals surface area contributed by atoms with Crippen molar-refractivity contribution < 1.29 is 159 Å². The van der Waals surface area contributed by atoms with Gasteiger partial charge in [0.1, 0.15) is 67.4 Å². The van der Waals surface area contributed by atoms with Crippen molar-refractivity contribution in [1.29, 1.82) is 0 Å². The molecule has 0 radical (unpaired) electrons. The molecule has 0 saturated heterocycles. The molecule has 149 heavy (non-hydrogen) atoms. The lowest BCUT2D eigenvalue weighted by atomic mass is 9.88. The van der Waals surface area contributed by atoms with Crippen LogP contribution in [0, 0.1) is 29.6 Å². The predicted molar refractivity (Wildman–Crippen MR) is 551 cm³/mol. The molecule has 8 atom stereocenters. The number of carbonyl (C=O) groups is 17. The van der Waals surface area contributed by atoms with Gasteiger partial charge in [-0.05, 0) is 164 Å². The van der Waals surface area contributed by atoms with E-state index in [2.05, 4.69) is 47.2 Å². The van der Waals surface area contributed by atoms with E-state index in [4.69, 9.17) is 62.3 Å². The van der Waals surface area contributed by atoms with E-state index in [-0.39, 0.29) is 263 Å². The Morgan fingerprint density at radius 1 is 0.383 bits per heavy atom. The van der Waals surface area contributed by atoms with Gasteiger partial charge in [0, 0.05) is 109 Å². The van der Waals surface area contributed by atoms with Crippen LogP contribution in [-0.2, 0) is 121 Å². The number of rotatable bonds is 97. The quantitative estimate of drug-likeness (QED) is 0.0184. The number of unbranched alkanes of at least 4 members (excludes halogenated alkanes) is 14. The maximum absolute atomic E-state index is 13.6. The molecule has 0 aliphatic carbocycles. The highest BCUT2D eigenvalue weighted by Gasteiger charge is 2.35. The van der Waals surface area contributed by atoms with Gasteiger partial charge < -0.3 is 120 Å². The molecule has 0 aliphatic heterocycles. The molecule has 42 nitrogen and oxygen atoms in total. The molecule has 2 aromatic carbocycles. The summed E-state index contributed by atoms with van der Waals surface area (Å²) in [5.74, 6) is -9.01. The van der Waals surface area contributed by atoms with Crippen molar-refractivity contribution in [3.05, 3.63) is 77.9 Å². The number of ketones is 5. The minimum atomic E-state index is -1.21. The Balaban J connectivity index is 0.00000107. The van der Waals surface area contributed by atoms with E-state index in [1.807, 2.05) is 27.7 Å². The molecule has 0 fully saturated rings. The standard InChI is InChI=1S/C63H100N6O18.C44H71N3O15/c1-7-45(5)53(8-2)60(76)69-59(44(3)4)63(81)87-56(38-49-39-64-43-68-49)55(73)40-67-54(46(6)70)21-15-16-28-65-58(75)42-85-36-33-82-30-18-20-51(72)41-84-35-34-83-32-29-66-57(74)27-24-48(62(79)80)37-50(71)19-14-12-10-9-11-13-17-31-86-52-25-22-47(23-26-52)61(77)78;1-2-13-34(42(52)53)14-9-10-23-45-40(50)32-61-31-29-59-27-24-46-41(51)33-60-30-28-58-25-12-15-36(48)19-22-38(44(56)57)47-39(49)16-8-6-4-3-5-7-11-26-62-37-20-17-35(18-21-37)43(54)55/h22-23,25-26,39,43-45,48,53-54,56,59,67H,7-21,24,27-38,40-42H2,1-6H3,(H,64,68)(H,65,75)(H,66,74)(H,69,76)(H,77,78)(H,79,80);17-18,20-21,34,38H,2-16,19,22-33H2,1H3,(H,45,50)(H,46,51)(H,47,49)(H,52,53)(H,54,55)(H,56,57)/t45-,48+,53-,54-,56-,59-;34-,38-/m00/s1. The van der Waals surface area contributed by atoms with Crippen molar-refractivity contribution >= 4 is 100 Å². The minimum Gasteiger partial charge on any atom is -0.494 e. The third-order valence-electron chi connectivity index (χ3n) is 24.3. The first-order valence-corrected chi connectivity index (χ1v) is 53.1. The van der Waals surface area contributed by atoms with Crippen LogP contribution < -0.4 is 46.7 Å². The van der Waals surface area contributed by atoms with Crippen LogP contribution in [0.25, 0.3) is 0 Å². The first-order chi connectivity index (χ1) is 71.7. The third-order valence-corrected chi connectivity index (χ3v) is 24.3. The normalized spacial score (nSPS) is 12.8. The molecular weight excluding hydrogens is 1940 g/mol. The van der Waals surface area contributed by atoms with Gasteiger partial charge in [-0.15, -0.1) is 0 Å². The fourth-order valence-electron chi connectivity index (χ4n) is 15.3. The van der Waals surface area contributed by atoms with Crippen LogP contribution in [0.3, 0.4) is 0 Å². The lowest BCUT2D eigenvalue weighted by Gasteiger charge is -2.27. The van der Waals surface area contributed by atoms with Crippen molar-refractivity contribution in [2.75, 3.05) is 152 Å². The number of carboxylic acids is 5. The van der Waals surface area contributed by atoms with E-state index in [0.29, 0.717) is 134 Å². The van der Waals surface area contributed by atoms with Gasteiger partial charge in [-0.25, -0.2) is 24.2 Å². The van der Waals surface area contributed by atoms with Crippen LogP contribution >= 0.6 is 0 Å². The van der Waals surface area contributed by atoms with E-state index < -0.39 is 71.7 Å². The van der Waals surface area contributed by atoms with Gasteiger partial charge in [0.15, 0.2) is 17.7 Å². The summed E-state index contributed by atoms with van der Waals surface area (Å²) in [6.45, 7) is 17.2. The maximum Gasteiger partial charge on any atom is 0.335 e. The largest absolute Gasteiger partial charge is 0.494 e. The number of aromatic carboxylic acids is 2. The highest BCUT2D eigenvalue weighted by molar-refractivity contribution is 5.92. The second-order valence-corrected chi connectivity index (χ2v) is 37.1. The number of hydrogen-bond acceptors (Lipinski definition) is 30. The number of imidazole rings is 1. The van der Waals surface area contributed by atoms with E-state index in [1.165, 1.54) is 43.7 Å². The highest BCUT2D eigenvalue weighted by Crippen LogP contribution is 2.24. The summed E-state index contributed by atoms with van der Waals surface area (Å²) < 4.78 is 60.2. The van der Waals surface area contributed by atoms with Crippen LogP contribution in [0.2, 0.25) is 0 Å². The van der Waals surface area contributed by atoms with Gasteiger partial charge in [-0.2, -0.15) is 0 Å². The number of esters is 1. The number of nitrogens with one attached hydrogen (secondary N) is 8. The zero-order valence-corrected chi connectivity index (χ0v) is 88.8. The molecule has 42 heteroatoms. The summed E-state index contributed by atoms with van der Waals surface area (Å²) in [4.78, 5) is 214. The number of H-pyrrole nitrogens is 1. The number of carbonyl (C=O) groups excluding carboxylic acids is 12.